The van der Waals surface area contributed by atoms with Crippen molar-refractivity contribution in [2.45, 2.75) is 49.8 Å². The Labute approximate surface area is 171 Å². The fourth-order valence-corrected chi connectivity index (χ4v) is 2.27. The molecule has 0 amide bonds. The van der Waals surface area contributed by atoms with Crippen LogP contribution < -0.4 is 0 Å². The van der Waals surface area contributed by atoms with E-state index >= 15 is 0 Å². The van der Waals surface area contributed by atoms with Crippen molar-refractivity contribution < 1.29 is 88.8 Å². The van der Waals surface area contributed by atoms with Crippen molar-refractivity contribution in [3.8, 4) is 0 Å². The summed E-state index contributed by atoms with van der Waals surface area (Å²) >= 11 is 0. The summed E-state index contributed by atoms with van der Waals surface area (Å²) in [7, 11) is -10.9. The molecule has 0 unspecified atom stereocenters. The highest BCUT2D eigenvalue weighted by molar-refractivity contribution is 7.86. The fraction of sp³-hybridized carbons (Fsp3) is 1.00. The maximum atomic E-state index is 12.2. The van der Waals surface area contributed by atoms with Crippen molar-refractivity contribution in [2.75, 3.05) is 11.5 Å². The highest BCUT2D eigenvalue weighted by atomic mass is 32.2. The van der Waals surface area contributed by atoms with Gasteiger partial charge in [-0.05, 0) is 6.92 Å². The number of rotatable bonds is 8. The highest BCUT2D eigenvalue weighted by Crippen LogP contribution is 2.40. The maximum absolute atomic E-state index is 12.2. The third-order valence-corrected chi connectivity index (χ3v) is 3.71. The molecule has 0 atom stereocenters. The number of hydrogen-bond donors (Lipinski definition) is 4. The van der Waals surface area contributed by atoms with Gasteiger partial charge in [0.25, 0.3) is 20.2 Å². The summed E-state index contributed by atoms with van der Waals surface area (Å²) in [6, 6.07) is 0. The van der Waals surface area contributed by atoms with Gasteiger partial charge in [-0.25, -0.2) is 17.6 Å². The average molecular weight is 554 g/mol. The number of halogens is 12. The van der Waals surface area contributed by atoms with E-state index in [2.05, 4.69) is 0 Å². The van der Waals surface area contributed by atoms with Crippen LogP contribution in [0.1, 0.15) is 6.92 Å². The molecule has 198 valence electrons. The minimum atomic E-state index is -5.80. The SMILES string of the molecule is CC(O)O.O=S(=O)(O)CC(F)(F)C(F)(F)C(F)F.O=S(=O)(O)CC(F)(F)C(F)(F)C(F)F. The first-order valence-corrected chi connectivity index (χ1v) is 10.1. The van der Waals surface area contributed by atoms with E-state index < -0.39 is 74.6 Å². The zero-order valence-electron chi connectivity index (χ0n) is 14.9. The van der Waals surface area contributed by atoms with Crippen LogP contribution in [0, 0.1) is 0 Å². The lowest BCUT2D eigenvalue weighted by molar-refractivity contribution is -0.253. The van der Waals surface area contributed by atoms with E-state index in [4.69, 9.17) is 19.3 Å². The lowest BCUT2D eigenvalue weighted by Gasteiger charge is -2.24. The zero-order valence-corrected chi connectivity index (χ0v) is 16.6. The van der Waals surface area contributed by atoms with Gasteiger partial charge in [0.2, 0.25) is 0 Å². The minimum absolute atomic E-state index is 1.17. The van der Waals surface area contributed by atoms with Gasteiger partial charge < -0.3 is 10.2 Å². The monoisotopic (exact) mass is 554 g/mol. The first kappa shape index (κ1) is 35.5. The smallest absolute Gasteiger partial charge is 0.368 e. The second-order valence-electron chi connectivity index (χ2n) is 5.34. The van der Waals surface area contributed by atoms with Crippen molar-refractivity contribution in [1.82, 2.24) is 0 Å². The molecule has 8 nitrogen and oxygen atoms in total. The predicted molar refractivity (Wildman–Crippen MR) is 78.5 cm³/mol. The third kappa shape index (κ3) is 13.4. The second kappa shape index (κ2) is 11.9. The summed E-state index contributed by atoms with van der Waals surface area (Å²) < 4.78 is 197. The van der Waals surface area contributed by atoms with Crippen LogP contribution in [-0.4, -0.2) is 90.5 Å². The molecule has 0 aliphatic carbocycles. The molecular weight excluding hydrogens is 540 g/mol. The Kier molecular flexibility index (Phi) is 13.1. The summed E-state index contributed by atoms with van der Waals surface area (Å²) in [4.78, 5) is 0. The maximum Gasteiger partial charge on any atom is 0.370 e. The van der Waals surface area contributed by atoms with Gasteiger partial charge in [-0.2, -0.15) is 52.0 Å². The Balaban J connectivity index is -0.000000450. The van der Waals surface area contributed by atoms with Crippen LogP contribution >= 0.6 is 0 Å². The van der Waals surface area contributed by atoms with Crippen molar-refractivity contribution in [3.05, 3.63) is 0 Å². The predicted octanol–water partition coefficient (Wildman–Crippen LogP) is 2.14. The van der Waals surface area contributed by atoms with Gasteiger partial charge in [-0.3, -0.25) is 9.11 Å². The van der Waals surface area contributed by atoms with Gasteiger partial charge in [0.15, 0.2) is 0 Å². The lowest BCUT2D eigenvalue weighted by Crippen LogP contribution is -2.50. The standard InChI is InChI=1S/2C4H4F6O3S.C2H6O2/c2*5-2(6)4(9,10)3(7,8)1-14(11,12)13;1-2(3)4/h2*2H,1H2,(H,11,12,13);2-4H,1H3. The summed E-state index contributed by atoms with van der Waals surface area (Å²) in [6.07, 6.45) is -10.6. The molecule has 0 spiro atoms. The summed E-state index contributed by atoms with van der Waals surface area (Å²) in [6.45, 7) is 1.28. The largest absolute Gasteiger partial charge is 0.370 e. The molecule has 0 saturated heterocycles. The summed E-state index contributed by atoms with van der Waals surface area (Å²) in [5.41, 5.74) is 0. The summed E-state index contributed by atoms with van der Waals surface area (Å²) in [5.74, 6) is -28.1. The molecule has 0 rings (SSSR count). The van der Waals surface area contributed by atoms with Gasteiger partial charge in [-0.1, -0.05) is 0 Å². The van der Waals surface area contributed by atoms with Gasteiger partial charge in [0, 0.05) is 0 Å². The van der Waals surface area contributed by atoms with Crippen LogP contribution in [0.3, 0.4) is 0 Å². The van der Waals surface area contributed by atoms with Gasteiger partial charge in [0.1, 0.15) is 17.8 Å². The molecule has 0 aliphatic heterocycles. The number of alkyl halides is 12. The van der Waals surface area contributed by atoms with E-state index in [0.717, 1.165) is 0 Å². The van der Waals surface area contributed by atoms with Gasteiger partial charge in [-0.15, -0.1) is 0 Å². The molecule has 0 bridgehead atoms. The number of hydrogen-bond acceptors (Lipinski definition) is 6. The third-order valence-electron chi connectivity index (χ3n) is 2.25. The molecule has 22 heteroatoms. The van der Waals surface area contributed by atoms with Crippen LogP contribution in [0.15, 0.2) is 0 Å². The molecule has 0 aromatic carbocycles. The normalized spacial score (nSPS) is 14.1. The molecule has 0 heterocycles. The van der Waals surface area contributed by atoms with E-state index in [0.29, 0.717) is 0 Å². The van der Waals surface area contributed by atoms with Crippen LogP contribution in [0.2, 0.25) is 0 Å². The zero-order chi connectivity index (χ0) is 27.1. The van der Waals surface area contributed by atoms with Crippen LogP contribution in [0.4, 0.5) is 52.7 Å². The Hall–Kier alpha value is -1.10. The van der Waals surface area contributed by atoms with Gasteiger partial charge in [0.05, 0.1) is 0 Å². The Morgan fingerprint density at radius 1 is 0.625 bits per heavy atom. The van der Waals surface area contributed by atoms with E-state index in [9.17, 15) is 69.5 Å². The van der Waals surface area contributed by atoms with Crippen LogP contribution in [-0.2, 0) is 20.2 Å². The quantitative estimate of drug-likeness (QED) is 0.203. The first-order chi connectivity index (χ1) is 13.5. The van der Waals surface area contributed by atoms with E-state index in [1.54, 1.807) is 0 Å². The minimum Gasteiger partial charge on any atom is -0.368 e. The topological polar surface area (TPSA) is 149 Å². The Morgan fingerprint density at radius 3 is 0.875 bits per heavy atom. The fourth-order valence-electron chi connectivity index (χ4n) is 0.970. The molecule has 0 aromatic heterocycles. The van der Waals surface area contributed by atoms with Crippen molar-refractivity contribution >= 4 is 20.2 Å². The molecular formula is C10H14F12O8S2. The first-order valence-electron chi connectivity index (χ1n) is 6.87. The molecule has 0 aromatic rings. The Morgan fingerprint density at radius 2 is 0.781 bits per heavy atom. The highest BCUT2D eigenvalue weighted by Gasteiger charge is 2.65. The molecule has 4 N–H and O–H groups in total. The van der Waals surface area contributed by atoms with E-state index in [1.807, 2.05) is 0 Å². The molecule has 0 radical (unpaired) electrons. The van der Waals surface area contributed by atoms with E-state index in [-0.39, 0.29) is 0 Å². The van der Waals surface area contributed by atoms with Crippen molar-refractivity contribution in [1.29, 1.82) is 0 Å². The van der Waals surface area contributed by atoms with Crippen molar-refractivity contribution in [3.63, 3.8) is 0 Å². The van der Waals surface area contributed by atoms with Crippen LogP contribution in [0.5, 0.6) is 0 Å². The average Bonchev–Trinajstić information content (AvgIpc) is 2.41. The van der Waals surface area contributed by atoms with Crippen molar-refractivity contribution in [2.24, 2.45) is 0 Å². The second-order valence-corrected chi connectivity index (χ2v) is 8.25. The van der Waals surface area contributed by atoms with E-state index in [1.165, 1.54) is 6.92 Å². The number of aliphatic hydroxyl groups excluding tert-OH is 1. The Bertz CT molecular complexity index is 702. The molecule has 32 heavy (non-hydrogen) atoms. The lowest BCUT2D eigenvalue weighted by atomic mass is 10.2. The molecule has 0 fully saturated rings. The molecule has 0 aliphatic rings. The number of aliphatic hydroxyl groups is 2. The van der Waals surface area contributed by atoms with Crippen LogP contribution in [0.25, 0.3) is 0 Å². The van der Waals surface area contributed by atoms with Gasteiger partial charge >= 0.3 is 36.5 Å². The molecule has 0 saturated carbocycles. The summed E-state index contributed by atoms with van der Waals surface area (Å²) in [5, 5.41) is 15.2.